The van der Waals surface area contributed by atoms with Gasteiger partial charge < -0.3 is 10.1 Å². The Labute approximate surface area is 142 Å². The van der Waals surface area contributed by atoms with Gasteiger partial charge in [-0.1, -0.05) is 17.7 Å². The van der Waals surface area contributed by atoms with Crippen molar-refractivity contribution in [1.82, 2.24) is 0 Å². The van der Waals surface area contributed by atoms with Crippen molar-refractivity contribution >= 4 is 17.4 Å². The van der Waals surface area contributed by atoms with Crippen LogP contribution in [-0.2, 0) is 4.79 Å². The van der Waals surface area contributed by atoms with E-state index in [0.29, 0.717) is 17.9 Å². The fraction of sp³-hybridized carbons (Fsp3) is 0.300. The Hall–Kier alpha value is -2.62. The minimum atomic E-state index is -0.169. The molecule has 0 spiro atoms. The molecule has 0 heterocycles. The number of hydrogen-bond donors (Lipinski definition) is 1. The van der Waals surface area contributed by atoms with Gasteiger partial charge in [0.1, 0.15) is 5.75 Å². The van der Waals surface area contributed by atoms with E-state index in [4.69, 9.17) is 4.74 Å². The van der Waals surface area contributed by atoms with Crippen LogP contribution < -0.4 is 10.1 Å². The second-order valence-corrected chi connectivity index (χ2v) is 5.75. The standard InChI is InChI=1S/C20H23NO3/c1-4-24-17-9-7-16(8-10-17)21-20(23)12-11-19(22)18-13-14(2)5-6-15(18)3/h5-10,13H,4,11-12H2,1-3H3,(H,21,23). The molecule has 0 unspecified atom stereocenters. The third kappa shape index (κ3) is 4.95. The molecule has 0 aliphatic heterocycles. The van der Waals surface area contributed by atoms with Crippen molar-refractivity contribution in [3.05, 3.63) is 59.2 Å². The lowest BCUT2D eigenvalue weighted by Crippen LogP contribution is -2.14. The molecule has 2 aromatic rings. The average molecular weight is 325 g/mol. The van der Waals surface area contributed by atoms with Gasteiger partial charge in [0.25, 0.3) is 0 Å². The van der Waals surface area contributed by atoms with Crippen LogP contribution in [0, 0.1) is 13.8 Å². The molecule has 0 aliphatic carbocycles. The first-order valence-corrected chi connectivity index (χ1v) is 8.12. The number of rotatable bonds is 7. The molecule has 2 aromatic carbocycles. The third-order valence-corrected chi connectivity index (χ3v) is 3.72. The summed E-state index contributed by atoms with van der Waals surface area (Å²) < 4.78 is 5.36. The monoisotopic (exact) mass is 325 g/mol. The van der Waals surface area contributed by atoms with Crippen LogP contribution in [0.3, 0.4) is 0 Å². The van der Waals surface area contributed by atoms with Crippen LogP contribution in [0.1, 0.15) is 41.3 Å². The Kier molecular flexibility index (Phi) is 6.13. The zero-order valence-corrected chi connectivity index (χ0v) is 14.4. The van der Waals surface area contributed by atoms with Crippen molar-refractivity contribution in [2.24, 2.45) is 0 Å². The fourth-order valence-corrected chi connectivity index (χ4v) is 2.42. The van der Waals surface area contributed by atoms with Gasteiger partial charge in [-0.25, -0.2) is 0 Å². The molecular formula is C20H23NO3. The summed E-state index contributed by atoms with van der Waals surface area (Å²) in [6, 6.07) is 13.0. The third-order valence-electron chi connectivity index (χ3n) is 3.72. The molecule has 0 bridgehead atoms. The maximum atomic E-state index is 12.3. The normalized spacial score (nSPS) is 10.3. The van der Waals surface area contributed by atoms with E-state index >= 15 is 0 Å². The summed E-state index contributed by atoms with van der Waals surface area (Å²) in [4.78, 5) is 24.3. The first-order valence-electron chi connectivity index (χ1n) is 8.12. The van der Waals surface area contributed by atoms with Crippen molar-refractivity contribution in [2.75, 3.05) is 11.9 Å². The number of hydrogen-bond acceptors (Lipinski definition) is 3. The van der Waals surface area contributed by atoms with E-state index in [0.717, 1.165) is 16.9 Å². The van der Waals surface area contributed by atoms with Gasteiger partial charge in [-0.3, -0.25) is 9.59 Å². The van der Waals surface area contributed by atoms with Gasteiger partial charge in [0.05, 0.1) is 6.61 Å². The highest BCUT2D eigenvalue weighted by Gasteiger charge is 2.12. The van der Waals surface area contributed by atoms with Crippen molar-refractivity contribution < 1.29 is 14.3 Å². The van der Waals surface area contributed by atoms with E-state index in [2.05, 4.69) is 5.32 Å². The lowest BCUT2D eigenvalue weighted by atomic mass is 9.99. The largest absolute Gasteiger partial charge is 0.494 e. The van der Waals surface area contributed by atoms with Crippen LogP contribution >= 0.6 is 0 Å². The maximum absolute atomic E-state index is 12.3. The lowest BCUT2D eigenvalue weighted by molar-refractivity contribution is -0.116. The summed E-state index contributed by atoms with van der Waals surface area (Å²) in [6.45, 7) is 6.39. The summed E-state index contributed by atoms with van der Waals surface area (Å²) in [7, 11) is 0. The predicted molar refractivity (Wildman–Crippen MR) is 95.7 cm³/mol. The molecule has 1 amide bonds. The van der Waals surface area contributed by atoms with Crippen LogP contribution in [0.15, 0.2) is 42.5 Å². The van der Waals surface area contributed by atoms with Gasteiger partial charge in [0.2, 0.25) is 5.91 Å². The summed E-state index contributed by atoms with van der Waals surface area (Å²) in [6.07, 6.45) is 0.368. The zero-order valence-electron chi connectivity index (χ0n) is 14.4. The Balaban J connectivity index is 1.88. The number of carbonyl (C=O) groups excluding carboxylic acids is 2. The van der Waals surface area contributed by atoms with E-state index < -0.39 is 0 Å². The molecule has 0 radical (unpaired) electrons. The van der Waals surface area contributed by atoms with Gasteiger partial charge in [-0.2, -0.15) is 0 Å². The van der Waals surface area contributed by atoms with Gasteiger partial charge >= 0.3 is 0 Å². The molecule has 0 aromatic heterocycles. The average Bonchev–Trinajstić information content (AvgIpc) is 2.57. The number of Topliss-reactive ketones (excluding diaryl/α,β-unsaturated/α-hetero) is 1. The predicted octanol–water partition coefficient (Wildman–Crippen LogP) is 4.30. The minimum Gasteiger partial charge on any atom is -0.494 e. The van der Waals surface area contributed by atoms with E-state index in [-0.39, 0.29) is 24.5 Å². The SMILES string of the molecule is CCOc1ccc(NC(=O)CCC(=O)c2cc(C)ccc2C)cc1. The topological polar surface area (TPSA) is 55.4 Å². The van der Waals surface area contributed by atoms with Crippen LogP contribution in [0.4, 0.5) is 5.69 Å². The number of ether oxygens (including phenoxy) is 1. The maximum Gasteiger partial charge on any atom is 0.224 e. The lowest BCUT2D eigenvalue weighted by Gasteiger charge is -2.08. The van der Waals surface area contributed by atoms with E-state index in [1.54, 1.807) is 24.3 Å². The molecule has 24 heavy (non-hydrogen) atoms. The van der Waals surface area contributed by atoms with Crippen LogP contribution in [0.5, 0.6) is 5.75 Å². The molecule has 0 saturated carbocycles. The highest BCUT2D eigenvalue weighted by Crippen LogP contribution is 2.17. The molecule has 1 N–H and O–H groups in total. The van der Waals surface area contributed by atoms with Gasteiger partial charge in [0, 0.05) is 24.1 Å². The highest BCUT2D eigenvalue weighted by molar-refractivity contribution is 6.01. The summed E-state index contributed by atoms with van der Waals surface area (Å²) >= 11 is 0. The van der Waals surface area contributed by atoms with E-state index in [1.165, 1.54) is 0 Å². The zero-order chi connectivity index (χ0) is 17.5. The first-order chi connectivity index (χ1) is 11.5. The Morgan fingerprint density at radius 3 is 2.38 bits per heavy atom. The molecular weight excluding hydrogens is 302 g/mol. The Morgan fingerprint density at radius 1 is 1.00 bits per heavy atom. The van der Waals surface area contributed by atoms with Crippen molar-refractivity contribution in [3.63, 3.8) is 0 Å². The first kappa shape index (κ1) is 17.7. The molecule has 2 rings (SSSR count). The quantitative estimate of drug-likeness (QED) is 0.772. The van der Waals surface area contributed by atoms with Crippen molar-refractivity contribution in [2.45, 2.75) is 33.6 Å². The summed E-state index contributed by atoms with van der Waals surface area (Å²) in [5.41, 5.74) is 3.38. The van der Waals surface area contributed by atoms with E-state index in [9.17, 15) is 9.59 Å². The molecule has 4 nitrogen and oxygen atoms in total. The van der Waals surface area contributed by atoms with E-state index in [1.807, 2.05) is 39.0 Å². The Bertz CT molecular complexity index is 720. The minimum absolute atomic E-state index is 0.00181. The molecule has 0 aliphatic rings. The van der Waals surface area contributed by atoms with Crippen LogP contribution in [-0.4, -0.2) is 18.3 Å². The fourth-order valence-electron chi connectivity index (χ4n) is 2.42. The van der Waals surface area contributed by atoms with Gasteiger partial charge in [-0.05, 0) is 56.7 Å². The second-order valence-electron chi connectivity index (χ2n) is 5.75. The summed E-state index contributed by atoms with van der Waals surface area (Å²) in [5, 5.41) is 2.80. The number of aryl methyl sites for hydroxylation is 2. The number of nitrogens with one attached hydrogen (secondary N) is 1. The molecule has 0 atom stereocenters. The number of amides is 1. The van der Waals surface area contributed by atoms with Gasteiger partial charge in [0.15, 0.2) is 5.78 Å². The van der Waals surface area contributed by atoms with Crippen molar-refractivity contribution in [3.8, 4) is 5.75 Å². The Morgan fingerprint density at radius 2 is 1.71 bits per heavy atom. The molecule has 126 valence electrons. The molecule has 0 saturated heterocycles. The number of carbonyl (C=O) groups is 2. The molecule has 4 heteroatoms. The van der Waals surface area contributed by atoms with Crippen molar-refractivity contribution in [1.29, 1.82) is 0 Å². The summed E-state index contributed by atoms with van der Waals surface area (Å²) in [5.74, 6) is 0.594. The van der Waals surface area contributed by atoms with Crippen LogP contribution in [0.25, 0.3) is 0 Å². The van der Waals surface area contributed by atoms with Gasteiger partial charge in [-0.15, -0.1) is 0 Å². The second kappa shape index (κ2) is 8.29. The number of ketones is 1. The number of benzene rings is 2. The smallest absolute Gasteiger partial charge is 0.224 e. The number of anilines is 1. The molecule has 0 fully saturated rings. The highest BCUT2D eigenvalue weighted by atomic mass is 16.5. The van der Waals surface area contributed by atoms with Crippen LogP contribution in [0.2, 0.25) is 0 Å².